The largest absolute Gasteiger partial charge is 0.397 e. The Labute approximate surface area is 162 Å². The lowest BCUT2D eigenvalue weighted by molar-refractivity contribution is -0.120. The molecule has 0 saturated heterocycles. The third-order valence-corrected chi connectivity index (χ3v) is 5.05. The molecule has 1 heterocycles. The molecular formula is C21H21N3O2S. The lowest BCUT2D eigenvalue weighted by atomic mass is 10.1. The summed E-state index contributed by atoms with van der Waals surface area (Å²) < 4.78 is 0. The molecular weight excluding hydrogens is 358 g/mol. The van der Waals surface area contributed by atoms with Gasteiger partial charge < -0.3 is 16.4 Å². The molecule has 0 radical (unpaired) electrons. The first kappa shape index (κ1) is 18.7. The van der Waals surface area contributed by atoms with Crippen LogP contribution in [0.5, 0.6) is 0 Å². The van der Waals surface area contributed by atoms with Gasteiger partial charge >= 0.3 is 0 Å². The van der Waals surface area contributed by atoms with Gasteiger partial charge in [-0.05, 0) is 46.8 Å². The van der Waals surface area contributed by atoms with E-state index in [1.165, 1.54) is 0 Å². The maximum atomic E-state index is 12.6. The first-order valence-electron chi connectivity index (χ1n) is 8.67. The summed E-state index contributed by atoms with van der Waals surface area (Å²) in [5, 5.41) is 7.70. The predicted molar refractivity (Wildman–Crippen MR) is 111 cm³/mol. The standard InChI is InChI=1S/C21H21N3O2S/c1-2-20(25)23-13-14-5-7-15(8-6-14)21(26)24-18-12-16(9-10-17(18)22)19-4-3-11-27-19/h3-12H,2,13,22H2,1H3,(H,23,25)(H,24,26). The summed E-state index contributed by atoms with van der Waals surface area (Å²) in [5.74, 6) is -0.230. The highest BCUT2D eigenvalue weighted by molar-refractivity contribution is 7.13. The van der Waals surface area contributed by atoms with E-state index in [4.69, 9.17) is 5.73 Å². The summed E-state index contributed by atoms with van der Waals surface area (Å²) in [4.78, 5) is 25.0. The second-order valence-electron chi connectivity index (χ2n) is 6.06. The molecule has 3 rings (SSSR count). The Morgan fingerprint density at radius 3 is 2.52 bits per heavy atom. The Morgan fingerprint density at radius 2 is 1.85 bits per heavy atom. The van der Waals surface area contributed by atoms with Crippen LogP contribution >= 0.6 is 11.3 Å². The van der Waals surface area contributed by atoms with Crippen LogP contribution in [-0.2, 0) is 11.3 Å². The highest BCUT2D eigenvalue weighted by atomic mass is 32.1. The maximum absolute atomic E-state index is 12.6. The van der Waals surface area contributed by atoms with Crippen LogP contribution in [0, 0.1) is 0 Å². The van der Waals surface area contributed by atoms with Crippen LogP contribution in [-0.4, -0.2) is 11.8 Å². The van der Waals surface area contributed by atoms with Crippen LogP contribution in [0.3, 0.4) is 0 Å². The topological polar surface area (TPSA) is 84.2 Å². The summed E-state index contributed by atoms with van der Waals surface area (Å²) in [7, 11) is 0. The molecule has 3 aromatic rings. The minimum atomic E-state index is -0.228. The van der Waals surface area contributed by atoms with Crippen LogP contribution in [0.4, 0.5) is 11.4 Å². The molecule has 6 heteroatoms. The van der Waals surface area contributed by atoms with Crippen molar-refractivity contribution in [3.8, 4) is 10.4 Å². The van der Waals surface area contributed by atoms with Gasteiger partial charge in [0.1, 0.15) is 0 Å². The van der Waals surface area contributed by atoms with Gasteiger partial charge in [0.05, 0.1) is 11.4 Å². The number of hydrogen-bond acceptors (Lipinski definition) is 4. The third-order valence-electron chi connectivity index (χ3n) is 4.13. The number of hydrogen-bond donors (Lipinski definition) is 3. The van der Waals surface area contributed by atoms with Crippen molar-refractivity contribution in [2.45, 2.75) is 19.9 Å². The minimum absolute atomic E-state index is 0.00193. The number of amides is 2. The van der Waals surface area contributed by atoms with Crippen molar-refractivity contribution in [3.05, 3.63) is 71.1 Å². The quantitative estimate of drug-likeness (QED) is 0.559. The normalized spacial score (nSPS) is 10.4. The molecule has 138 valence electrons. The molecule has 27 heavy (non-hydrogen) atoms. The molecule has 1 aromatic heterocycles. The highest BCUT2D eigenvalue weighted by Gasteiger charge is 2.10. The molecule has 0 fully saturated rings. The average Bonchev–Trinajstić information content (AvgIpc) is 3.23. The fourth-order valence-electron chi connectivity index (χ4n) is 2.55. The molecule has 4 N–H and O–H groups in total. The molecule has 0 spiro atoms. The fourth-order valence-corrected chi connectivity index (χ4v) is 3.28. The van der Waals surface area contributed by atoms with Crippen molar-refractivity contribution in [1.29, 1.82) is 0 Å². The van der Waals surface area contributed by atoms with Crippen molar-refractivity contribution >= 4 is 34.5 Å². The summed E-state index contributed by atoms with van der Waals surface area (Å²) >= 11 is 1.63. The van der Waals surface area contributed by atoms with Crippen LogP contribution in [0.1, 0.15) is 29.3 Å². The first-order valence-corrected chi connectivity index (χ1v) is 9.55. The highest BCUT2D eigenvalue weighted by Crippen LogP contribution is 2.30. The second kappa shape index (κ2) is 8.51. The number of nitrogens with one attached hydrogen (secondary N) is 2. The summed E-state index contributed by atoms with van der Waals surface area (Å²) in [6.07, 6.45) is 0.451. The monoisotopic (exact) mass is 379 g/mol. The zero-order chi connectivity index (χ0) is 19.2. The lowest BCUT2D eigenvalue weighted by Crippen LogP contribution is -2.21. The lowest BCUT2D eigenvalue weighted by Gasteiger charge is -2.11. The van der Waals surface area contributed by atoms with Crippen molar-refractivity contribution < 1.29 is 9.59 Å². The van der Waals surface area contributed by atoms with Gasteiger partial charge in [0.25, 0.3) is 5.91 Å². The average molecular weight is 379 g/mol. The van der Waals surface area contributed by atoms with E-state index in [-0.39, 0.29) is 11.8 Å². The molecule has 5 nitrogen and oxygen atoms in total. The van der Waals surface area contributed by atoms with Gasteiger partial charge in [-0.15, -0.1) is 11.3 Å². The Kier molecular flexibility index (Phi) is 5.88. The third kappa shape index (κ3) is 4.74. The van der Waals surface area contributed by atoms with E-state index in [0.29, 0.717) is 29.9 Å². The van der Waals surface area contributed by atoms with E-state index in [1.807, 2.05) is 48.7 Å². The molecule has 2 amide bonds. The summed E-state index contributed by atoms with van der Waals surface area (Å²) in [5.41, 5.74) is 9.60. The van der Waals surface area contributed by atoms with E-state index >= 15 is 0 Å². The second-order valence-corrected chi connectivity index (χ2v) is 7.01. The molecule has 0 atom stereocenters. The Balaban J connectivity index is 1.70. The molecule has 0 bridgehead atoms. The van der Waals surface area contributed by atoms with Gasteiger partial charge in [0, 0.05) is 23.4 Å². The molecule has 0 saturated carbocycles. The number of nitrogens with two attached hydrogens (primary N) is 1. The Hall–Kier alpha value is -3.12. The molecule has 2 aromatic carbocycles. The molecule has 0 aliphatic rings. The van der Waals surface area contributed by atoms with Crippen molar-refractivity contribution in [2.24, 2.45) is 0 Å². The van der Waals surface area contributed by atoms with Crippen molar-refractivity contribution in [2.75, 3.05) is 11.1 Å². The smallest absolute Gasteiger partial charge is 0.255 e. The number of rotatable bonds is 6. The molecule has 0 aliphatic carbocycles. The van der Waals surface area contributed by atoms with Gasteiger partial charge in [-0.2, -0.15) is 0 Å². The van der Waals surface area contributed by atoms with Crippen LogP contribution in [0.15, 0.2) is 60.0 Å². The molecule has 0 aliphatic heterocycles. The number of benzene rings is 2. The minimum Gasteiger partial charge on any atom is -0.397 e. The summed E-state index contributed by atoms with van der Waals surface area (Å²) in [6, 6.07) is 16.8. The number of anilines is 2. The van der Waals surface area contributed by atoms with Gasteiger partial charge in [0.2, 0.25) is 5.91 Å². The van der Waals surface area contributed by atoms with E-state index in [9.17, 15) is 9.59 Å². The van der Waals surface area contributed by atoms with E-state index in [1.54, 1.807) is 29.5 Å². The van der Waals surface area contributed by atoms with Crippen LogP contribution in [0.2, 0.25) is 0 Å². The van der Waals surface area contributed by atoms with E-state index in [2.05, 4.69) is 10.6 Å². The first-order chi connectivity index (χ1) is 13.1. The molecule has 0 unspecified atom stereocenters. The zero-order valence-corrected chi connectivity index (χ0v) is 15.8. The summed E-state index contributed by atoms with van der Waals surface area (Å²) in [6.45, 7) is 2.26. The predicted octanol–water partition coefficient (Wildman–Crippen LogP) is 4.28. The zero-order valence-electron chi connectivity index (χ0n) is 15.0. The Bertz CT molecular complexity index is 935. The fraction of sp³-hybridized carbons (Fsp3) is 0.143. The van der Waals surface area contributed by atoms with Gasteiger partial charge in [-0.25, -0.2) is 0 Å². The maximum Gasteiger partial charge on any atom is 0.255 e. The SMILES string of the molecule is CCC(=O)NCc1ccc(C(=O)Nc2cc(-c3cccs3)ccc2N)cc1. The number of carbonyl (C=O) groups excluding carboxylic acids is 2. The van der Waals surface area contributed by atoms with E-state index < -0.39 is 0 Å². The van der Waals surface area contributed by atoms with Gasteiger partial charge in [-0.1, -0.05) is 31.2 Å². The van der Waals surface area contributed by atoms with Crippen LogP contribution < -0.4 is 16.4 Å². The van der Waals surface area contributed by atoms with Gasteiger partial charge in [-0.3, -0.25) is 9.59 Å². The van der Waals surface area contributed by atoms with Crippen LogP contribution in [0.25, 0.3) is 10.4 Å². The van der Waals surface area contributed by atoms with Gasteiger partial charge in [0.15, 0.2) is 0 Å². The van der Waals surface area contributed by atoms with Crippen molar-refractivity contribution in [3.63, 3.8) is 0 Å². The number of thiophene rings is 1. The van der Waals surface area contributed by atoms with E-state index in [0.717, 1.165) is 16.0 Å². The number of nitrogen functional groups attached to an aromatic ring is 1. The number of carbonyl (C=O) groups is 2. The van der Waals surface area contributed by atoms with Crippen molar-refractivity contribution in [1.82, 2.24) is 5.32 Å². The Morgan fingerprint density at radius 1 is 1.07 bits per heavy atom.